The minimum absolute atomic E-state index is 0.0673. The zero-order valence-electron chi connectivity index (χ0n) is 16.7. The molecular formula is C22H23N7O. The third-order valence-electron chi connectivity index (χ3n) is 5.43. The summed E-state index contributed by atoms with van der Waals surface area (Å²) in [5.41, 5.74) is 10.2. The SMILES string of the molecule is Cc1ccncc1-c1cc2cc(Nc3cc(C4CC4)n(CCO)n3)ncc2c(N)n1. The molecular weight excluding hydrogens is 378 g/mol. The molecule has 8 heteroatoms. The largest absolute Gasteiger partial charge is 0.394 e. The Hall–Kier alpha value is -3.52. The van der Waals surface area contributed by atoms with Gasteiger partial charge in [0.05, 0.1) is 18.8 Å². The number of hydrogen-bond donors (Lipinski definition) is 3. The van der Waals surface area contributed by atoms with E-state index >= 15 is 0 Å². The van der Waals surface area contributed by atoms with Crippen LogP contribution >= 0.6 is 0 Å². The molecule has 4 aromatic rings. The van der Waals surface area contributed by atoms with Crippen LogP contribution in [0.2, 0.25) is 0 Å². The summed E-state index contributed by atoms with van der Waals surface area (Å²) in [5, 5.41) is 18.9. The normalized spacial score (nSPS) is 13.7. The Morgan fingerprint density at radius 2 is 2.07 bits per heavy atom. The minimum atomic E-state index is 0.0673. The smallest absolute Gasteiger partial charge is 0.153 e. The third-order valence-corrected chi connectivity index (χ3v) is 5.43. The Bertz CT molecular complexity index is 1230. The van der Waals surface area contributed by atoms with Crippen molar-refractivity contribution in [3.63, 3.8) is 0 Å². The lowest BCUT2D eigenvalue weighted by atomic mass is 10.1. The number of pyridine rings is 3. The number of nitrogen functional groups attached to an aromatic ring is 1. The number of hydrogen-bond acceptors (Lipinski definition) is 7. The van der Waals surface area contributed by atoms with Crippen LogP contribution in [0.4, 0.5) is 17.5 Å². The van der Waals surface area contributed by atoms with Crippen molar-refractivity contribution in [2.24, 2.45) is 0 Å². The van der Waals surface area contributed by atoms with Gasteiger partial charge in [-0.15, -0.1) is 0 Å². The standard InChI is InChI=1S/C22H23N7O/c1-13-4-5-24-11-16(13)18-8-15-9-20(25-12-17(15)22(23)26-18)27-21-10-19(14-2-3-14)29(28-21)6-7-30/h4-5,8-12,14,30H,2-3,6-7H2,1H3,(H2,23,26)(H,25,27,28). The van der Waals surface area contributed by atoms with Crippen LogP contribution in [0, 0.1) is 6.92 Å². The summed E-state index contributed by atoms with van der Waals surface area (Å²) in [7, 11) is 0. The second-order valence-corrected chi connectivity index (χ2v) is 7.67. The summed E-state index contributed by atoms with van der Waals surface area (Å²) in [6.07, 6.45) is 7.64. The Morgan fingerprint density at radius 3 is 2.83 bits per heavy atom. The second kappa shape index (κ2) is 7.38. The van der Waals surface area contributed by atoms with Gasteiger partial charge in [0.2, 0.25) is 0 Å². The maximum atomic E-state index is 9.31. The number of nitrogens with zero attached hydrogens (tertiary/aromatic N) is 5. The van der Waals surface area contributed by atoms with Crippen LogP contribution in [0.5, 0.6) is 0 Å². The molecule has 8 nitrogen and oxygen atoms in total. The van der Waals surface area contributed by atoms with Crippen LogP contribution in [-0.2, 0) is 6.54 Å². The molecule has 0 aliphatic heterocycles. The lowest BCUT2D eigenvalue weighted by Crippen LogP contribution is -2.07. The zero-order chi connectivity index (χ0) is 20.7. The molecule has 0 amide bonds. The van der Waals surface area contributed by atoms with E-state index in [0.717, 1.165) is 39.1 Å². The van der Waals surface area contributed by atoms with Crippen LogP contribution in [0.3, 0.4) is 0 Å². The van der Waals surface area contributed by atoms with Crippen LogP contribution in [-0.4, -0.2) is 36.4 Å². The van der Waals surface area contributed by atoms with Crippen molar-refractivity contribution in [2.75, 3.05) is 17.7 Å². The summed E-state index contributed by atoms with van der Waals surface area (Å²) in [4.78, 5) is 13.2. The molecule has 4 N–H and O–H groups in total. The van der Waals surface area contributed by atoms with E-state index in [2.05, 4.69) is 25.4 Å². The van der Waals surface area contributed by atoms with Crippen molar-refractivity contribution in [3.05, 3.63) is 54.1 Å². The predicted octanol–water partition coefficient (Wildman–Crippen LogP) is 3.39. The molecule has 5 rings (SSSR count). The lowest BCUT2D eigenvalue weighted by molar-refractivity contribution is 0.267. The van der Waals surface area contributed by atoms with Gasteiger partial charge in [-0.25, -0.2) is 9.97 Å². The highest BCUT2D eigenvalue weighted by Gasteiger charge is 2.28. The highest BCUT2D eigenvalue weighted by atomic mass is 16.3. The lowest BCUT2D eigenvalue weighted by Gasteiger charge is -2.09. The van der Waals surface area contributed by atoms with Gasteiger partial charge in [0.1, 0.15) is 11.6 Å². The van der Waals surface area contributed by atoms with E-state index in [4.69, 9.17) is 5.73 Å². The fraction of sp³-hybridized carbons (Fsp3) is 0.273. The number of fused-ring (bicyclic) bond motifs is 1. The molecule has 30 heavy (non-hydrogen) atoms. The molecule has 152 valence electrons. The van der Waals surface area contributed by atoms with E-state index in [1.165, 1.54) is 12.8 Å². The average Bonchev–Trinajstić information content (AvgIpc) is 3.50. The zero-order valence-corrected chi connectivity index (χ0v) is 16.7. The summed E-state index contributed by atoms with van der Waals surface area (Å²) >= 11 is 0. The summed E-state index contributed by atoms with van der Waals surface area (Å²) in [6, 6.07) is 7.95. The topological polar surface area (TPSA) is 115 Å². The van der Waals surface area contributed by atoms with Gasteiger partial charge in [0.15, 0.2) is 5.82 Å². The number of aliphatic hydroxyl groups is 1. The van der Waals surface area contributed by atoms with E-state index < -0.39 is 0 Å². The molecule has 0 aromatic carbocycles. The quantitative estimate of drug-likeness (QED) is 0.454. The Kier molecular flexibility index (Phi) is 4.55. The number of aliphatic hydroxyl groups excluding tert-OH is 1. The first-order valence-corrected chi connectivity index (χ1v) is 10.1. The molecule has 0 unspecified atom stereocenters. The van der Waals surface area contributed by atoms with Gasteiger partial charge < -0.3 is 16.2 Å². The van der Waals surface area contributed by atoms with Gasteiger partial charge in [-0.1, -0.05) is 0 Å². The molecule has 1 aliphatic carbocycles. The molecule has 1 saturated carbocycles. The third kappa shape index (κ3) is 3.46. The highest BCUT2D eigenvalue weighted by molar-refractivity contribution is 5.94. The van der Waals surface area contributed by atoms with Gasteiger partial charge in [0.25, 0.3) is 0 Å². The van der Waals surface area contributed by atoms with Crippen molar-refractivity contribution < 1.29 is 5.11 Å². The van der Waals surface area contributed by atoms with Crippen molar-refractivity contribution in [2.45, 2.75) is 32.2 Å². The van der Waals surface area contributed by atoms with Crippen LogP contribution < -0.4 is 11.1 Å². The van der Waals surface area contributed by atoms with Gasteiger partial charge in [-0.3, -0.25) is 9.67 Å². The van der Waals surface area contributed by atoms with Gasteiger partial charge in [0, 0.05) is 47.2 Å². The predicted molar refractivity (Wildman–Crippen MR) is 116 cm³/mol. The number of aromatic nitrogens is 5. The van der Waals surface area contributed by atoms with E-state index in [0.29, 0.717) is 24.1 Å². The first-order chi connectivity index (χ1) is 14.6. The maximum Gasteiger partial charge on any atom is 0.153 e. The molecule has 4 heterocycles. The van der Waals surface area contributed by atoms with Gasteiger partial charge in [-0.05, 0) is 48.9 Å². The first kappa shape index (κ1) is 18.5. The second-order valence-electron chi connectivity index (χ2n) is 7.67. The van der Waals surface area contributed by atoms with Crippen molar-refractivity contribution in [1.29, 1.82) is 0 Å². The maximum absolute atomic E-state index is 9.31. The number of anilines is 3. The van der Waals surface area contributed by atoms with E-state index in [-0.39, 0.29) is 6.61 Å². The van der Waals surface area contributed by atoms with Gasteiger partial charge >= 0.3 is 0 Å². The van der Waals surface area contributed by atoms with Gasteiger partial charge in [-0.2, -0.15) is 5.10 Å². The molecule has 0 bridgehead atoms. The summed E-state index contributed by atoms with van der Waals surface area (Å²) in [6.45, 7) is 2.59. The Labute approximate surface area is 173 Å². The molecule has 0 radical (unpaired) electrons. The molecule has 4 aromatic heterocycles. The molecule has 0 saturated heterocycles. The summed E-state index contributed by atoms with van der Waals surface area (Å²) < 4.78 is 1.88. The average molecular weight is 401 g/mol. The molecule has 1 fully saturated rings. The van der Waals surface area contributed by atoms with Crippen LogP contribution in [0.15, 0.2) is 42.9 Å². The Morgan fingerprint density at radius 1 is 1.20 bits per heavy atom. The highest BCUT2D eigenvalue weighted by Crippen LogP contribution is 2.41. The summed E-state index contributed by atoms with van der Waals surface area (Å²) in [5.74, 6) is 2.38. The number of nitrogens with two attached hydrogens (primary N) is 1. The fourth-order valence-electron chi connectivity index (χ4n) is 3.72. The number of aryl methyl sites for hydroxylation is 1. The fourth-order valence-corrected chi connectivity index (χ4v) is 3.72. The Balaban J connectivity index is 1.50. The van der Waals surface area contributed by atoms with E-state index in [1.54, 1.807) is 18.6 Å². The van der Waals surface area contributed by atoms with Crippen molar-refractivity contribution >= 4 is 28.2 Å². The van der Waals surface area contributed by atoms with E-state index in [9.17, 15) is 5.11 Å². The molecule has 0 atom stereocenters. The van der Waals surface area contributed by atoms with Crippen LogP contribution in [0.25, 0.3) is 22.0 Å². The molecule has 0 spiro atoms. The van der Waals surface area contributed by atoms with Crippen LogP contribution in [0.1, 0.15) is 30.0 Å². The van der Waals surface area contributed by atoms with Crippen molar-refractivity contribution in [3.8, 4) is 11.3 Å². The minimum Gasteiger partial charge on any atom is -0.394 e. The molecule has 1 aliphatic rings. The number of nitrogens with one attached hydrogen (secondary N) is 1. The van der Waals surface area contributed by atoms with E-state index in [1.807, 2.05) is 35.9 Å². The monoisotopic (exact) mass is 401 g/mol. The first-order valence-electron chi connectivity index (χ1n) is 10.1. The number of rotatable bonds is 6. The van der Waals surface area contributed by atoms with Crippen molar-refractivity contribution in [1.82, 2.24) is 24.7 Å².